The quantitative estimate of drug-likeness (QED) is 0.928. The normalized spacial score (nSPS) is 12.9. The van der Waals surface area contributed by atoms with Gasteiger partial charge in [-0.15, -0.1) is 11.3 Å². The minimum Gasteiger partial charge on any atom is -0.454 e. The molecule has 3 rings (SSSR count). The molecule has 0 spiro atoms. The second-order valence-electron chi connectivity index (χ2n) is 4.74. The van der Waals surface area contributed by atoms with Crippen molar-refractivity contribution < 1.29 is 9.47 Å². The van der Waals surface area contributed by atoms with Crippen LogP contribution in [-0.2, 0) is 13.1 Å². The molecule has 0 saturated carbocycles. The van der Waals surface area contributed by atoms with Gasteiger partial charge in [0.25, 0.3) is 0 Å². The molecular formula is C15H17NO2S. The van der Waals surface area contributed by atoms with Gasteiger partial charge in [-0.05, 0) is 43.2 Å². The number of ether oxygens (including phenoxy) is 2. The summed E-state index contributed by atoms with van der Waals surface area (Å²) in [5.41, 5.74) is 2.60. The van der Waals surface area contributed by atoms with Crippen LogP contribution in [0.1, 0.15) is 20.9 Å². The standard InChI is InChI=1S/C15H17NO2S/c1-10-5-13(19-11(10)2)8-16-7-12-3-4-14-15(6-12)18-9-17-14/h3-6,16H,7-9H2,1-2H3. The zero-order chi connectivity index (χ0) is 13.2. The number of rotatable bonds is 4. The zero-order valence-electron chi connectivity index (χ0n) is 11.2. The number of thiophene rings is 1. The van der Waals surface area contributed by atoms with Crippen molar-refractivity contribution >= 4 is 11.3 Å². The molecule has 19 heavy (non-hydrogen) atoms. The first-order chi connectivity index (χ1) is 9.22. The molecule has 0 fully saturated rings. The van der Waals surface area contributed by atoms with Crippen LogP contribution < -0.4 is 14.8 Å². The van der Waals surface area contributed by atoms with Gasteiger partial charge in [0.05, 0.1) is 0 Å². The molecule has 2 heterocycles. The largest absolute Gasteiger partial charge is 0.454 e. The number of hydrogen-bond donors (Lipinski definition) is 1. The Morgan fingerprint density at radius 3 is 2.74 bits per heavy atom. The van der Waals surface area contributed by atoms with Gasteiger partial charge < -0.3 is 14.8 Å². The Kier molecular flexibility index (Phi) is 3.44. The molecule has 0 atom stereocenters. The van der Waals surface area contributed by atoms with E-state index in [-0.39, 0.29) is 0 Å². The molecule has 0 amide bonds. The molecule has 0 bridgehead atoms. The highest BCUT2D eigenvalue weighted by atomic mass is 32.1. The fraction of sp³-hybridized carbons (Fsp3) is 0.333. The van der Waals surface area contributed by atoms with Gasteiger partial charge in [-0.3, -0.25) is 0 Å². The van der Waals surface area contributed by atoms with E-state index in [0.717, 1.165) is 24.6 Å². The van der Waals surface area contributed by atoms with E-state index in [1.807, 2.05) is 23.5 Å². The Bertz CT molecular complexity index is 572. The van der Waals surface area contributed by atoms with Crippen LogP contribution in [-0.4, -0.2) is 6.79 Å². The van der Waals surface area contributed by atoms with Crippen LogP contribution in [0.5, 0.6) is 11.5 Å². The van der Waals surface area contributed by atoms with Crippen molar-refractivity contribution in [3.8, 4) is 11.5 Å². The Morgan fingerprint density at radius 2 is 1.95 bits per heavy atom. The summed E-state index contributed by atoms with van der Waals surface area (Å²) < 4.78 is 10.7. The zero-order valence-corrected chi connectivity index (χ0v) is 12.0. The second kappa shape index (κ2) is 5.23. The van der Waals surface area contributed by atoms with Gasteiger partial charge >= 0.3 is 0 Å². The summed E-state index contributed by atoms with van der Waals surface area (Å²) in [5.74, 6) is 1.69. The van der Waals surface area contributed by atoms with Gasteiger partial charge in [0.1, 0.15) is 0 Å². The van der Waals surface area contributed by atoms with Gasteiger partial charge in [0.15, 0.2) is 11.5 Å². The molecular weight excluding hydrogens is 258 g/mol. The van der Waals surface area contributed by atoms with Crippen LogP contribution >= 0.6 is 11.3 Å². The van der Waals surface area contributed by atoms with E-state index >= 15 is 0 Å². The van der Waals surface area contributed by atoms with Crippen molar-refractivity contribution in [2.24, 2.45) is 0 Å². The van der Waals surface area contributed by atoms with Crippen LogP contribution in [0.25, 0.3) is 0 Å². The Balaban J connectivity index is 1.57. The average molecular weight is 275 g/mol. The van der Waals surface area contributed by atoms with Gasteiger partial charge in [0.2, 0.25) is 6.79 Å². The molecule has 4 heteroatoms. The summed E-state index contributed by atoms with van der Waals surface area (Å²) in [6, 6.07) is 8.34. The maximum atomic E-state index is 5.37. The average Bonchev–Trinajstić information content (AvgIpc) is 2.96. The van der Waals surface area contributed by atoms with Crippen LogP contribution in [0.2, 0.25) is 0 Å². The Morgan fingerprint density at radius 1 is 1.11 bits per heavy atom. The molecule has 3 nitrogen and oxygen atoms in total. The maximum Gasteiger partial charge on any atom is 0.231 e. The molecule has 1 aliphatic rings. The van der Waals surface area contributed by atoms with Gasteiger partial charge in [-0.1, -0.05) is 6.07 Å². The summed E-state index contributed by atoms with van der Waals surface area (Å²) in [4.78, 5) is 2.79. The van der Waals surface area contributed by atoms with Crippen LogP contribution in [0.3, 0.4) is 0 Å². The van der Waals surface area contributed by atoms with Gasteiger partial charge in [-0.2, -0.15) is 0 Å². The summed E-state index contributed by atoms with van der Waals surface area (Å²) in [6.07, 6.45) is 0. The van der Waals surface area contributed by atoms with Crippen molar-refractivity contribution in [1.82, 2.24) is 5.32 Å². The van der Waals surface area contributed by atoms with E-state index in [0.29, 0.717) is 6.79 Å². The second-order valence-corrected chi connectivity index (χ2v) is 6.08. The third-order valence-electron chi connectivity index (χ3n) is 3.28. The van der Waals surface area contributed by atoms with Crippen molar-refractivity contribution in [2.45, 2.75) is 26.9 Å². The van der Waals surface area contributed by atoms with E-state index in [2.05, 4.69) is 31.3 Å². The van der Waals surface area contributed by atoms with Gasteiger partial charge in [-0.25, -0.2) is 0 Å². The van der Waals surface area contributed by atoms with E-state index < -0.39 is 0 Å². The molecule has 0 aliphatic carbocycles. The number of aryl methyl sites for hydroxylation is 2. The summed E-state index contributed by atoms with van der Waals surface area (Å²) in [5, 5.41) is 3.46. The van der Waals surface area contributed by atoms with Crippen molar-refractivity contribution in [3.63, 3.8) is 0 Å². The maximum absolute atomic E-state index is 5.37. The number of nitrogens with one attached hydrogen (secondary N) is 1. The molecule has 1 aromatic heterocycles. The highest BCUT2D eigenvalue weighted by molar-refractivity contribution is 7.12. The van der Waals surface area contributed by atoms with E-state index in [1.54, 1.807) is 0 Å². The molecule has 2 aromatic rings. The minimum atomic E-state index is 0.333. The topological polar surface area (TPSA) is 30.5 Å². The van der Waals surface area contributed by atoms with E-state index in [9.17, 15) is 0 Å². The first-order valence-electron chi connectivity index (χ1n) is 6.37. The predicted octanol–water partition coefficient (Wildman–Crippen LogP) is 3.38. The number of benzene rings is 1. The fourth-order valence-corrected chi connectivity index (χ4v) is 3.14. The lowest BCUT2D eigenvalue weighted by Gasteiger charge is -2.04. The highest BCUT2D eigenvalue weighted by Gasteiger charge is 2.12. The summed E-state index contributed by atoms with van der Waals surface area (Å²) in [6.45, 7) is 6.41. The lowest BCUT2D eigenvalue weighted by atomic mass is 10.2. The van der Waals surface area contributed by atoms with Crippen LogP contribution in [0.4, 0.5) is 0 Å². The lowest BCUT2D eigenvalue weighted by Crippen LogP contribution is -2.11. The van der Waals surface area contributed by atoms with Crippen molar-refractivity contribution in [3.05, 3.63) is 45.1 Å². The fourth-order valence-electron chi connectivity index (χ4n) is 2.12. The Labute approximate surface area is 117 Å². The molecule has 100 valence electrons. The molecule has 1 N–H and O–H groups in total. The third-order valence-corrected chi connectivity index (χ3v) is 4.43. The molecule has 0 radical (unpaired) electrons. The SMILES string of the molecule is Cc1cc(CNCc2ccc3c(c2)OCO3)sc1C. The Hall–Kier alpha value is -1.52. The number of hydrogen-bond acceptors (Lipinski definition) is 4. The first kappa shape index (κ1) is 12.5. The molecule has 0 saturated heterocycles. The smallest absolute Gasteiger partial charge is 0.231 e. The lowest BCUT2D eigenvalue weighted by molar-refractivity contribution is 0.174. The van der Waals surface area contributed by atoms with Crippen LogP contribution in [0.15, 0.2) is 24.3 Å². The van der Waals surface area contributed by atoms with Gasteiger partial charge in [0, 0.05) is 22.8 Å². The van der Waals surface area contributed by atoms with Crippen molar-refractivity contribution in [2.75, 3.05) is 6.79 Å². The van der Waals surface area contributed by atoms with Crippen LogP contribution in [0, 0.1) is 13.8 Å². The van der Waals surface area contributed by atoms with E-state index in [1.165, 1.54) is 20.9 Å². The third kappa shape index (κ3) is 2.74. The predicted molar refractivity (Wildman–Crippen MR) is 76.9 cm³/mol. The minimum absolute atomic E-state index is 0.333. The molecule has 1 aromatic carbocycles. The first-order valence-corrected chi connectivity index (χ1v) is 7.19. The summed E-state index contributed by atoms with van der Waals surface area (Å²) in [7, 11) is 0. The highest BCUT2D eigenvalue weighted by Crippen LogP contribution is 2.32. The molecule has 1 aliphatic heterocycles. The van der Waals surface area contributed by atoms with E-state index in [4.69, 9.17) is 9.47 Å². The summed E-state index contributed by atoms with van der Waals surface area (Å²) >= 11 is 1.86. The monoisotopic (exact) mass is 275 g/mol. The number of fused-ring (bicyclic) bond motifs is 1. The molecule has 0 unspecified atom stereocenters. The van der Waals surface area contributed by atoms with Crippen molar-refractivity contribution in [1.29, 1.82) is 0 Å².